The van der Waals surface area contributed by atoms with E-state index in [1.54, 1.807) is 6.92 Å². The molecule has 5 heteroatoms. The molecular formula is C9H9ClO4. The highest BCUT2D eigenvalue weighted by atomic mass is 35.5. The average Bonchev–Trinajstić information content (AvgIpc) is 2.18. The normalized spacial score (nSPS) is 9.71. The lowest BCUT2D eigenvalue weighted by atomic mass is 10.1. The Hall–Kier alpha value is -1.26. The van der Waals surface area contributed by atoms with Crippen LogP contribution in [-0.4, -0.2) is 18.3 Å². The van der Waals surface area contributed by atoms with E-state index in [1.807, 2.05) is 0 Å². The predicted molar refractivity (Wildman–Crippen MR) is 50.8 cm³/mol. The van der Waals surface area contributed by atoms with E-state index < -0.39 is 5.97 Å². The minimum absolute atomic E-state index is 0.0644. The van der Waals surface area contributed by atoms with Gasteiger partial charge in [-0.05, 0) is 19.1 Å². The zero-order valence-corrected chi connectivity index (χ0v) is 8.46. The highest BCUT2D eigenvalue weighted by Crippen LogP contribution is 2.30. The van der Waals surface area contributed by atoms with Crippen molar-refractivity contribution in [3.63, 3.8) is 0 Å². The summed E-state index contributed by atoms with van der Waals surface area (Å²) in [5.74, 6) is -0.438. The lowest BCUT2D eigenvalue weighted by Crippen LogP contribution is -2.05. The number of benzene rings is 1. The molecule has 1 rings (SSSR count). The zero-order valence-electron chi connectivity index (χ0n) is 7.70. The van der Waals surface area contributed by atoms with Gasteiger partial charge in [-0.15, -0.1) is 0 Å². The van der Waals surface area contributed by atoms with Gasteiger partial charge in [0.15, 0.2) is 5.75 Å². The first kappa shape index (κ1) is 10.8. The molecule has 0 bridgehead atoms. The summed E-state index contributed by atoms with van der Waals surface area (Å²) in [7, 11) is 1.27. The van der Waals surface area contributed by atoms with Crippen molar-refractivity contribution in [1.82, 2.24) is 0 Å². The van der Waals surface area contributed by atoms with Gasteiger partial charge in [-0.2, -0.15) is 0 Å². The molecule has 0 aliphatic heterocycles. The van der Waals surface area contributed by atoms with E-state index in [9.17, 15) is 4.79 Å². The number of ether oxygens (including phenoxy) is 1. The molecule has 0 radical (unpaired) electrons. The Bertz CT molecular complexity index is 362. The standard InChI is InChI=1S/C9H9ClO4/c1-5-6(9(11)13-2)3-4-7(10)8(5)14-12/h3-4,12H,1-2H3. The van der Waals surface area contributed by atoms with Crippen LogP contribution in [0.25, 0.3) is 0 Å². The first-order chi connectivity index (χ1) is 6.61. The van der Waals surface area contributed by atoms with E-state index >= 15 is 0 Å². The molecule has 0 aliphatic rings. The van der Waals surface area contributed by atoms with Crippen molar-refractivity contribution in [3.05, 3.63) is 28.3 Å². The van der Waals surface area contributed by atoms with Crippen LogP contribution < -0.4 is 4.89 Å². The van der Waals surface area contributed by atoms with Crippen molar-refractivity contribution in [2.75, 3.05) is 7.11 Å². The molecule has 0 spiro atoms. The van der Waals surface area contributed by atoms with Crippen LogP contribution in [0, 0.1) is 6.92 Å². The SMILES string of the molecule is COC(=O)c1ccc(Cl)c(OO)c1C. The van der Waals surface area contributed by atoms with Crippen molar-refractivity contribution in [2.45, 2.75) is 6.92 Å². The van der Waals surface area contributed by atoms with Crippen LogP contribution in [-0.2, 0) is 4.74 Å². The molecule has 1 aromatic carbocycles. The molecule has 0 aliphatic carbocycles. The van der Waals surface area contributed by atoms with Gasteiger partial charge in [-0.25, -0.2) is 10.1 Å². The molecule has 76 valence electrons. The Kier molecular flexibility index (Phi) is 3.33. The molecule has 0 unspecified atom stereocenters. The molecule has 1 aromatic rings. The lowest BCUT2D eigenvalue weighted by Gasteiger charge is -2.08. The van der Waals surface area contributed by atoms with Gasteiger partial charge in [0.1, 0.15) is 0 Å². The molecule has 0 saturated carbocycles. The molecule has 0 amide bonds. The third-order valence-corrected chi connectivity index (χ3v) is 2.15. The summed E-state index contributed by atoms with van der Waals surface area (Å²) in [5, 5.41) is 8.78. The Labute approximate surface area is 85.9 Å². The summed E-state index contributed by atoms with van der Waals surface area (Å²) in [5.41, 5.74) is 0.743. The number of rotatable bonds is 2. The van der Waals surface area contributed by atoms with Gasteiger partial charge in [0, 0.05) is 5.56 Å². The minimum Gasteiger partial charge on any atom is -0.465 e. The van der Waals surface area contributed by atoms with E-state index in [2.05, 4.69) is 9.62 Å². The number of methoxy groups -OCH3 is 1. The number of hydrogen-bond donors (Lipinski definition) is 1. The summed E-state index contributed by atoms with van der Waals surface area (Å²) < 4.78 is 4.54. The maximum absolute atomic E-state index is 11.2. The van der Waals surface area contributed by atoms with Gasteiger partial charge in [0.25, 0.3) is 0 Å². The molecule has 0 fully saturated rings. The van der Waals surface area contributed by atoms with Crippen molar-refractivity contribution in [3.8, 4) is 5.75 Å². The van der Waals surface area contributed by atoms with E-state index in [4.69, 9.17) is 16.9 Å². The van der Waals surface area contributed by atoms with Gasteiger partial charge in [-0.3, -0.25) is 0 Å². The summed E-state index contributed by atoms with van der Waals surface area (Å²) in [6, 6.07) is 2.96. The number of hydrogen-bond acceptors (Lipinski definition) is 4. The second-order valence-corrected chi connectivity index (χ2v) is 3.04. The Balaban J connectivity index is 3.28. The Morgan fingerprint density at radius 1 is 1.50 bits per heavy atom. The fraction of sp³-hybridized carbons (Fsp3) is 0.222. The third kappa shape index (κ3) is 1.81. The summed E-state index contributed by atoms with van der Waals surface area (Å²) in [6.45, 7) is 1.60. The monoisotopic (exact) mass is 216 g/mol. The van der Waals surface area contributed by atoms with Gasteiger partial charge >= 0.3 is 5.97 Å². The maximum atomic E-state index is 11.2. The van der Waals surface area contributed by atoms with E-state index in [-0.39, 0.29) is 10.8 Å². The number of carbonyl (C=O) groups excluding carboxylic acids is 1. The highest BCUT2D eigenvalue weighted by molar-refractivity contribution is 6.32. The number of carbonyl (C=O) groups is 1. The van der Waals surface area contributed by atoms with Crippen LogP contribution in [0.5, 0.6) is 5.75 Å². The van der Waals surface area contributed by atoms with E-state index in [1.165, 1.54) is 19.2 Å². The van der Waals surface area contributed by atoms with Crippen LogP contribution in [0.1, 0.15) is 15.9 Å². The van der Waals surface area contributed by atoms with Crippen LogP contribution >= 0.6 is 11.6 Å². The summed E-state index contributed by atoms with van der Waals surface area (Å²) in [4.78, 5) is 15.3. The van der Waals surface area contributed by atoms with Crippen molar-refractivity contribution >= 4 is 17.6 Å². The van der Waals surface area contributed by atoms with Crippen LogP contribution in [0.15, 0.2) is 12.1 Å². The molecule has 0 atom stereocenters. The Morgan fingerprint density at radius 2 is 2.14 bits per heavy atom. The summed E-state index contributed by atoms with van der Waals surface area (Å²) in [6.07, 6.45) is 0. The molecule has 0 aromatic heterocycles. The van der Waals surface area contributed by atoms with Gasteiger partial charge < -0.3 is 9.62 Å². The van der Waals surface area contributed by atoms with Gasteiger partial charge in [0.05, 0.1) is 17.7 Å². The predicted octanol–water partition coefficient (Wildman–Crippen LogP) is 2.29. The topological polar surface area (TPSA) is 55.8 Å². The lowest BCUT2D eigenvalue weighted by molar-refractivity contribution is -0.138. The average molecular weight is 217 g/mol. The number of halogens is 1. The molecule has 4 nitrogen and oxygen atoms in total. The third-order valence-electron chi connectivity index (χ3n) is 1.85. The second-order valence-electron chi connectivity index (χ2n) is 2.63. The van der Waals surface area contributed by atoms with Crippen LogP contribution in [0.4, 0.5) is 0 Å². The summed E-state index contributed by atoms with van der Waals surface area (Å²) >= 11 is 5.71. The quantitative estimate of drug-likeness (QED) is 0.468. The van der Waals surface area contributed by atoms with E-state index in [0.717, 1.165) is 0 Å². The van der Waals surface area contributed by atoms with Crippen molar-refractivity contribution < 1.29 is 19.7 Å². The first-order valence-corrected chi connectivity index (χ1v) is 4.18. The fourth-order valence-electron chi connectivity index (χ4n) is 1.10. The van der Waals surface area contributed by atoms with Gasteiger partial charge in [-0.1, -0.05) is 11.6 Å². The van der Waals surface area contributed by atoms with Crippen molar-refractivity contribution in [1.29, 1.82) is 0 Å². The first-order valence-electron chi connectivity index (χ1n) is 3.80. The number of esters is 1. The molecule has 1 N–H and O–H groups in total. The minimum atomic E-state index is -0.502. The molecule has 0 heterocycles. The van der Waals surface area contributed by atoms with E-state index in [0.29, 0.717) is 11.1 Å². The van der Waals surface area contributed by atoms with Crippen LogP contribution in [0.3, 0.4) is 0 Å². The smallest absolute Gasteiger partial charge is 0.338 e. The maximum Gasteiger partial charge on any atom is 0.338 e. The Morgan fingerprint density at radius 3 is 2.64 bits per heavy atom. The second kappa shape index (κ2) is 4.30. The van der Waals surface area contributed by atoms with Crippen molar-refractivity contribution in [2.24, 2.45) is 0 Å². The molecular weight excluding hydrogens is 208 g/mol. The fourth-order valence-corrected chi connectivity index (χ4v) is 1.34. The largest absolute Gasteiger partial charge is 0.465 e. The van der Waals surface area contributed by atoms with Crippen LogP contribution in [0.2, 0.25) is 5.02 Å². The zero-order chi connectivity index (χ0) is 10.7. The molecule has 14 heavy (non-hydrogen) atoms. The highest BCUT2D eigenvalue weighted by Gasteiger charge is 2.15. The van der Waals surface area contributed by atoms with Gasteiger partial charge in [0.2, 0.25) is 0 Å². The molecule has 0 saturated heterocycles.